The van der Waals surface area contributed by atoms with Gasteiger partial charge in [0.15, 0.2) is 0 Å². The molecule has 1 aromatic rings. The molecule has 1 aromatic heterocycles. The largest absolute Gasteiger partial charge is 0.369 e. The number of nitrogens with zero attached hydrogens (tertiary/aromatic N) is 1. The van der Waals surface area contributed by atoms with Crippen LogP contribution in [0.2, 0.25) is 0 Å². The number of aromatic amines is 1. The maximum absolute atomic E-state index is 11.4. The van der Waals surface area contributed by atoms with Gasteiger partial charge in [-0.1, -0.05) is 0 Å². The van der Waals surface area contributed by atoms with Gasteiger partial charge in [0.2, 0.25) is 0 Å². The number of rotatable bonds is 5. The summed E-state index contributed by atoms with van der Waals surface area (Å²) in [6, 6.07) is 0. The summed E-state index contributed by atoms with van der Waals surface area (Å²) in [4.78, 5) is 18.2. The van der Waals surface area contributed by atoms with Gasteiger partial charge in [-0.2, -0.15) is 0 Å². The predicted octanol–water partition coefficient (Wildman–Crippen LogP) is 2.22. The van der Waals surface area contributed by atoms with Crippen molar-refractivity contribution in [3.63, 3.8) is 0 Å². The SMILES string of the molecule is O=c1[nH]cnc(NCC(C2CC2)C2CC2)c1I. The third-order valence-corrected chi connectivity index (χ3v) is 4.76. The zero-order chi connectivity index (χ0) is 11.8. The highest BCUT2D eigenvalue weighted by Gasteiger charge is 2.41. The second-order valence-corrected chi connectivity index (χ2v) is 6.19. The summed E-state index contributed by atoms with van der Waals surface area (Å²) in [7, 11) is 0. The Balaban J connectivity index is 1.66. The van der Waals surface area contributed by atoms with Crippen LogP contribution in [-0.4, -0.2) is 16.5 Å². The van der Waals surface area contributed by atoms with Crippen LogP contribution in [0.3, 0.4) is 0 Å². The third kappa shape index (κ3) is 2.64. The highest BCUT2D eigenvalue weighted by atomic mass is 127. The first-order valence-electron chi connectivity index (χ1n) is 6.23. The van der Waals surface area contributed by atoms with Gasteiger partial charge in [0.25, 0.3) is 5.56 Å². The summed E-state index contributed by atoms with van der Waals surface area (Å²) in [5.74, 6) is 3.39. The molecule has 2 aliphatic carbocycles. The van der Waals surface area contributed by atoms with Crippen molar-refractivity contribution in [2.45, 2.75) is 25.7 Å². The molecular weight excluding hydrogens is 329 g/mol. The third-order valence-electron chi connectivity index (χ3n) is 3.76. The average Bonchev–Trinajstić information content (AvgIpc) is 3.14. The molecule has 0 unspecified atom stereocenters. The lowest BCUT2D eigenvalue weighted by Gasteiger charge is -2.16. The van der Waals surface area contributed by atoms with E-state index in [9.17, 15) is 4.79 Å². The zero-order valence-corrected chi connectivity index (χ0v) is 11.7. The standard InChI is InChI=1S/C12H16IN3O/c13-10-11(15-6-16-12(10)17)14-5-9(7-1-2-7)8-3-4-8/h6-9H,1-5H2,(H2,14,15,16,17). The van der Waals surface area contributed by atoms with E-state index in [4.69, 9.17) is 0 Å². The first-order chi connectivity index (χ1) is 8.25. The van der Waals surface area contributed by atoms with Crippen LogP contribution in [0, 0.1) is 21.3 Å². The van der Waals surface area contributed by atoms with Crippen molar-refractivity contribution in [2.24, 2.45) is 17.8 Å². The molecule has 1 heterocycles. The lowest BCUT2D eigenvalue weighted by atomic mass is 9.98. The van der Waals surface area contributed by atoms with E-state index in [1.54, 1.807) is 0 Å². The molecular formula is C12H16IN3O. The van der Waals surface area contributed by atoms with Gasteiger partial charge in [-0.25, -0.2) is 4.98 Å². The van der Waals surface area contributed by atoms with Gasteiger partial charge >= 0.3 is 0 Å². The highest BCUT2D eigenvalue weighted by Crippen LogP contribution is 2.49. The molecule has 4 nitrogen and oxygen atoms in total. The molecule has 0 aliphatic heterocycles. The van der Waals surface area contributed by atoms with Gasteiger partial charge in [0.1, 0.15) is 9.39 Å². The second-order valence-electron chi connectivity index (χ2n) is 5.11. The monoisotopic (exact) mass is 345 g/mol. The van der Waals surface area contributed by atoms with Crippen molar-refractivity contribution < 1.29 is 0 Å². The molecule has 0 saturated heterocycles. The maximum atomic E-state index is 11.4. The van der Waals surface area contributed by atoms with Gasteiger partial charge in [0.05, 0.1) is 6.33 Å². The first-order valence-corrected chi connectivity index (χ1v) is 7.30. The quantitative estimate of drug-likeness (QED) is 0.805. The van der Waals surface area contributed by atoms with E-state index in [2.05, 4.69) is 15.3 Å². The maximum Gasteiger partial charge on any atom is 0.266 e. The molecule has 3 rings (SSSR count). The number of aromatic nitrogens is 2. The molecule has 2 saturated carbocycles. The lowest BCUT2D eigenvalue weighted by Crippen LogP contribution is -2.21. The van der Waals surface area contributed by atoms with E-state index in [0.29, 0.717) is 3.57 Å². The molecule has 0 atom stereocenters. The molecule has 0 spiro atoms. The first kappa shape index (κ1) is 11.5. The number of anilines is 1. The summed E-state index contributed by atoms with van der Waals surface area (Å²) in [6.45, 7) is 0.974. The van der Waals surface area contributed by atoms with Crippen molar-refractivity contribution >= 4 is 28.4 Å². The van der Waals surface area contributed by atoms with Crippen LogP contribution in [0.25, 0.3) is 0 Å². The normalized spacial score (nSPS) is 19.6. The molecule has 17 heavy (non-hydrogen) atoms. The fourth-order valence-electron chi connectivity index (χ4n) is 2.49. The Morgan fingerprint density at radius 1 is 1.41 bits per heavy atom. The van der Waals surface area contributed by atoms with E-state index in [1.165, 1.54) is 32.0 Å². The molecule has 2 N–H and O–H groups in total. The van der Waals surface area contributed by atoms with Crippen LogP contribution in [0.1, 0.15) is 25.7 Å². The molecule has 0 amide bonds. The Kier molecular flexibility index (Phi) is 3.10. The smallest absolute Gasteiger partial charge is 0.266 e. The van der Waals surface area contributed by atoms with E-state index >= 15 is 0 Å². The molecule has 92 valence electrons. The van der Waals surface area contributed by atoms with Gasteiger partial charge in [-0.3, -0.25) is 4.79 Å². The minimum absolute atomic E-state index is 0.0579. The number of halogens is 1. The number of nitrogens with one attached hydrogen (secondary N) is 2. The van der Waals surface area contributed by atoms with Crippen molar-refractivity contribution in [1.29, 1.82) is 0 Å². The van der Waals surface area contributed by atoms with E-state index < -0.39 is 0 Å². The minimum atomic E-state index is -0.0579. The summed E-state index contributed by atoms with van der Waals surface area (Å²) < 4.78 is 0.662. The van der Waals surface area contributed by atoms with Crippen molar-refractivity contribution in [2.75, 3.05) is 11.9 Å². The minimum Gasteiger partial charge on any atom is -0.369 e. The Bertz CT molecular complexity index is 453. The van der Waals surface area contributed by atoms with E-state index in [1.807, 2.05) is 22.6 Å². The zero-order valence-electron chi connectivity index (χ0n) is 9.58. The van der Waals surface area contributed by atoms with Crippen molar-refractivity contribution in [3.05, 3.63) is 20.3 Å². The Hall–Kier alpha value is -0.590. The molecule has 2 fully saturated rings. The Labute approximate surface area is 114 Å². The number of hydrogen-bond acceptors (Lipinski definition) is 3. The summed E-state index contributed by atoms with van der Waals surface area (Å²) in [5.41, 5.74) is -0.0579. The van der Waals surface area contributed by atoms with Crippen LogP contribution >= 0.6 is 22.6 Å². The fraction of sp³-hybridized carbons (Fsp3) is 0.667. The second kappa shape index (κ2) is 4.59. The van der Waals surface area contributed by atoms with E-state index in [0.717, 1.165) is 30.1 Å². The summed E-state index contributed by atoms with van der Waals surface area (Å²) in [6.07, 6.45) is 7.03. The molecule has 0 bridgehead atoms. The number of H-pyrrole nitrogens is 1. The van der Waals surface area contributed by atoms with Crippen LogP contribution in [-0.2, 0) is 0 Å². The highest BCUT2D eigenvalue weighted by molar-refractivity contribution is 14.1. The van der Waals surface area contributed by atoms with Gasteiger partial charge in [-0.05, 0) is 66.0 Å². The molecule has 5 heteroatoms. The van der Waals surface area contributed by atoms with Crippen molar-refractivity contribution in [1.82, 2.24) is 9.97 Å². The number of hydrogen-bond donors (Lipinski definition) is 2. The lowest BCUT2D eigenvalue weighted by molar-refractivity contribution is 0.427. The molecule has 0 radical (unpaired) electrons. The van der Waals surface area contributed by atoms with Gasteiger partial charge in [-0.15, -0.1) is 0 Å². The van der Waals surface area contributed by atoms with Crippen LogP contribution in [0.15, 0.2) is 11.1 Å². The average molecular weight is 345 g/mol. The van der Waals surface area contributed by atoms with Crippen LogP contribution < -0.4 is 10.9 Å². The van der Waals surface area contributed by atoms with Crippen LogP contribution in [0.4, 0.5) is 5.82 Å². The fourth-order valence-corrected chi connectivity index (χ4v) is 2.97. The van der Waals surface area contributed by atoms with Gasteiger partial charge < -0.3 is 10.3 Å². The predicted molar refractivity (Wildman–Crippen MR) is 75.0 cm³/mol. The Morgan fingerprint density at radius 3 is 2.65 bits per heavy atom. The summed E-state index contributed by atoms with van der Waals surface area (Å²) >= 11 is 2.05. The van der Waals surface area contributed by atoms with Crippen molar-refractivity contribution in [3.8, 4) is 0 Å². The summed E-state index contributed by atoms with van der Waals surface area (Å²) in [5, 5.41) is 3.36. The van der Waals surface area contributed by atoms with Gasteiger partial charge in [0, 0.05) is 6.54 Å². The molecule has 2 aliphatic rings. The van der Waals surface area contributed by atoms with E-state index in [-0.39, 0.29) is 5.56 Å². The Morgan fingerprint density at radius 2 is 2.06 bits per heavy atom. The topological polar surface area (TPSA) is 57.8 Å². The van der Waals surface area contributed by atoms with Crippen LogP contribution in [0.5, 0.6) is 0 Å². The molecule has 0 aromatic carbocycles.